The summed E-state index contributed by atoms with van der Waals surface area (Å²) in [7, 11) is 1.80. The van der Waals surface area contributed by atoms with E-state index in [1.54, 1.807) is 7.05 Å². The van der Waals surface area contributed by atoms with E-state index in [0.717, 1.165) is 68.6 Å². The summed E-state index contributed by atoms with van der Waals surface area (Å²) in [6.45, 7) is 6.71. The lowest BCUT2D eigenvalue weighted by molar-refractivity contribution is 0.166. The van der Waals surface area contributed by atoms with Crippen LogP contribution in [0.4, 0.5) is 0 Å². The third-order valence-corrected chi connectivity index (χ3v) is 5.85. The van der Waals surface area contributed by atoms with E-state index in [9.17, 15) is 0 Å². The van der Waals surface area contributed by atoms with Gasteiger partial charge in [-0.2, -0.15) is 0 Å². The zero-order valence-electron chi connectivity index (χ0n) is 18.6. The zero-order chi connectivity index (χ0) is 21.5. The second kappa shape index (κ2) is 10.5. The quantitative estimate of drug-likeness (QED) is 0.504. The van der Waals surface area contributed by atoms with E-state index >= 15 is 0 Å². The molecule has 1 unspecified atom stereocenters. The van der Waals surface area contributed by atoms with Crippen molar-refractivity contribution in [2.45, 2.75) is 32.7 Å². The third kappa shape index (κ3) is 5.91. The summed E-state index contributed by atoms with van der Waals surface area (Å²) in [5.41, 5.74) is 4.96. The molecule has 2 aromatic carbocycles. The van der Waals surface area contributed by atoms with Gasteiger partial charge in [0.1, 0.15) is 11.5 Å². The molecule has 1 atom stereocenters. The molecule has 0 aromatic heterocycles. The van der Waals surface area contributed by atoms with Crippen molar-refractivity contribution in [3.8, 4) is 11.5 Å². The van der Waals surface area contributed by atoms with E-state index in [1.807, 2.05) is 0 Å². The molecular weight excluding hydrogens is 390 g/mol. The second-order valence-corrected chi connectivity index (χ2v) is 8.29. The number of ether oxygens (including phenoxy) is 3. The molecule has 2 heterocycles. The highest BCUT2D eigenvalue weighted by atomic mass is 16.5. The summed E-state index contributed by atoms with van der Waals surface area (Å²) < 4.78 is 17.2. The van der Waals surface area contributed by atoms with Crippen LogP contribution < -0.4 is 20.1 Å². The Hall–Kier alpha value is -2.73. The maximum absolute atomic E-state index is 6.15. The number of hydrogen-bond acceptors (Lipinski definition) is 4. The van der Waals surface area contributed by atoms with Crippen molar-refractivity contribution in [1.29, 1.82) is 0 Å². The van der Waals surface area contributed by atoms with Crippen molar-refractivity contribution in [2.75, 3.05) is 40.0 Å². The summed E-state index contributed by atoms with van der Waals surface area (Å²) in [5.74, 6) is 3.25. The van der Waals surface area contributed by atoms with E-state index in [2.05, 4.69) is 58.9 Å². The molecule has 2 aliphatic rings. The Morgan fingerprint density at radius 3 is 2.94 bits per heavy atom. The number of benzene rings is 2. The normalized spacial score (nSPS) is 17.9. The molecule has 0 bridgehead atoms. The third-order valence-electron chi connectivity index (χ3n) is 5.85. The van der Waals surface area contributed by atoms with Crippen molar-refractivity contribution in [3.63, 3.8) is 0 Å². The van der Waals surface area contributed by atoms with E-state index in [0.29, 0.717) is 19.1 Å². The van der Waals surface area contributed by atoms with E-state index in [1.165, 1.54) is 16.7 Å². The molecule has 0 amide bonds. The molecule has 6 heteroatoms. The van der Waals surface area contributed by atoms with Crippen molar-refractivity contribution < 1.29 is 14.2 Å². The number of hydrogen-bond donors (Lipinski definition) is 2. The van der Waals surface area contributed by atoms with Crippen molar-refractivity contribution in [3.05, 3.63) is 58.7 Å². The van der Waals surface area contributed by atoms with Crippen LogP contribution in [0.1, 0.15) is 28.7 Å². The fourth-order valence-corrected chi connectivity index (χ4v) is 3.98. The van der Waals surface area contributed by atoms with Crippen molar-refractivity contribution in [2.24, 2.45) is 10.9 Å². The van der Waals surface area contributed by atoms with Gasteiger partial charge in [-0.15, -0.1) is 0 Å². The van der Waals surface area contributed by atoms with Crippen LogP contribution in [0.15, 0.2) is 41.4 Å². The predicted molar refractivity (Wildman–Crippen MR) is 123 cm³/mol. The van der Waals surface area contributed by atoms with Gasteiger partial charge in [0.2, 0.25) is 0 Å². The van der Waals surface area contributed by atoms with Gasteiger partial charge in [-0.1, -0.05) is 24.3 Å². The highest BCUT2D eigenvalue weighted by Gasteiger charge is 2.17. The Morgan fingerprint density at radius 2 is 2.10 bits per heavy atom. The molecule has 166 valence electrons. The molecule has 31 heavy (non-hydrogen) atoms. The molecule has 0 spiro atoms. The highest BCUT2D eigenvalue weighted by Crippen LogP contribution is 2.26. The van der Waals surface area contributed by atoms with Gasteiger partial charge in [-0.05, 0) is 48.6 Å². The fraction of sp³-hybridized carbons (Fsp3) is 0.480. The van der Waals surface area contributed by atoms with E-state index < -0.39 is 0 Å². The van der Waals surface area contributed by atoms with Crippen LogP contribution >= 0.6 is 0 Å². The molecule has 2 N–H and O–H groups in total. The standard InChI is InChI=1S/C25H33N3O3/c1-18-3-5-22(24(13-18)31-17-20-8-11-29-16-20)15-28-25(26-2)27-10-7-19-4-6-23-21(14-19)9-12-30-23/h3-6,13-14,20H,7-12,15-17H2,1-2H3,(H2,26,27,28). The molecule has 6 nitrogen and oxygen atoms in total. The number of aliphatic imine (C=N–C) groups is 1. The largest absolute Gasteiger partial charge is 0.493 e. The first kappa shape index (κ1) is 21.5. The second-order valence-electron chi connectivity index (χ2n) is 8.29. The zero-order valence-corrected chi connectivity index (χ0v) is 18.6. The molecule has 0 radical (unpaired) electrons. The number of guanidine groups is 1. The van der Waals surface area contributed by atoms with Gasteiger partial charge in [0.25, 0.3) is 0 Å². The summed E-state index contributed by atoms with van der Waals surface area (Å²) in [6.07, 6.45) is 3.03. The highest BCUT2D eigenvalue weighted by molar-refractivity contribution is 5.79. The van der Waals surface area contributed by atoms with Crippen LogP contribution in [0.2, 0.25) is 0 Å². The number of nitrogens with zero attached hydrogens (tertiary/aromatic N) is 1. The number of fused-ring (bicyclic) bond motifs is 1. The van der Waals surface area contributed by atoms with Crippen LogP contribution in [0.5, 0.6) is 11.5 Å². The first-order valence-electron chi connectivity index (χ1n) is 11.2. The summed E-state index contributed by atoms with van der Waals surface area (Å²) in [6, 6.07) is 12.8. The minimum absolute atomic E-state index is 0.488. The average Bonchev–Trinajstić information content (AvgIpc) is 3.47. The Labute approximate surface area is 185 Å². The average molecular weight is 424 g/mol. The first-order chi connectivity index (χ1) is 15.2. The Kier molecular flexibility index (Phi) is 7.30. The summed E-state index contributed by atoms with van der Waals surface area (Å²) in [5, 5.41) is 6.83. The lowest BCUT2D eigenvalue weighted by atomic mass is 10.1. The minimum atomic E-state index is 0.488. The number of nitrogens with one attached hydrogen (secondary N) is 2. The minimum Gasteiger partial charge on any atom is -0.493 e. The van der Waals surface area contributed by atoms with Crippen LogP contribution in [-0.2, 0) is 24.1 Å². The lowest BCUT2D eigenvalue weighted by Crippen LogP contribution is -2.38. The van der Waals surface area contributed by atoms with Gasteiger partial charge in [-0.25, -0.2) is 0 Å². The smallest absolute Gasteiger partial charge is 0.191 e. The van der Waals surface area contributed by atoms with Gasteiger partial charge in [-0.3, -0.25) is 4.99 Å². The van der Waals surface area contributed by atoms with Crippen LogP contribution in [0, 0.1) is 12.8 Å². The molecule has 2 aliphatic heterocycles. The maximum atomic E-state index is 6.15. The number of rotatable bonds is 8. The Morgan fingerprint density at radius 1 is 1.16 bits per heavy atom. The molecule has 1 saturated heterocycles. The number of aryl methyl sites for hydroxylation is 1. The first-order valence-corrected chi connectivity index (χ1v) is 11.2. The van der Waals surface area contributed by atoms with Gasteiger partial charge in [0.15, 0.2) is 5.96 Å². The van der Waals surface area contributed by atoms with Crippen molar-refractivity contribution in [1.82, 2.24) is 10.6 Å². The van der Waals surface area contributed by atoms with Gasteiger partial charge < -0.3 is 24.8 Å². The predicted octanol–water partition coefficient (Wildman–Crippen LogP) is 3.25. The molecule has 0 saturated carbocycles. The van der Waals surface area contributed by atoms with Crippen LogP contribution in [-0.4, -0.2) is 46.0 Å². The van der Waals surface area contributed by atoms with Gasteiger partial charge in [0.05, 0.1) is 19.8 Å². The molecule has 4 rings (SSSR count). The van der Waals surface area contributed by atoms with Crippen molar-refractivity contribution >= 4 is 5.96 Å². The molecule has 2 aromatic rings. The van der Waals surface area contributed by atoms with Crippen LogP contribution in [0.3, 0.4) is 0 Å². The fourth-order valence-electron chi connectivity index (χ4n) is 3.98. The summed E-state index contributed by atoms with van der Waals surface area (Å²) in [4.78, 5) is 4.37. The topological polar surface area (TPSA) is 64.1 Å². The lowest BCUT2D eigenvalue weighted by Gasteiger charge is -2.17. The monoisotopic (exact) mass is 423 g/mol. The molecular formula is C25H33N3O3. The summed E-state index contributed by atoms with van der Waals surface area (Å²) >= 11 is 0. The maximum Gasteiger partial charge on any atom is 0.191 e. The Bertz CT molecular complexity index is 907. The van der Waals surface area contributed by atoms with Crippen LogP contribution in [0.25, 0.3) is 0 Å². The molecule has 1 fully saturated rings. The Balaban J connectivity index is 1.27. The van der Waals surface area contributed by atoms with Gasteiger partial charge in [0, 0.05) is 44.6 Å². The van der Waals surface area contributed by atoms with E-state index in [4.69, 9.17) is 14.2 Å². The van der Waals surface area contributed by atoms with Gasteiger partial charge >= 0.3 is 0 Å². The SMILES string of the molecule is CN=C(NCCc1ccc2c(c1)CCO2)NCc1ccc(C)cc1OCC1CCOC1. The molecule has 0 aliphatic carbocycles. The van der Waals surface area contributed by atoms with E-state index in [-0.39, 0.29) is 0 Å².